The first kappa shape index (κ1) is 27.5. The van der Waals surface area contributed by atoms with E-state index in [9.17, 15) is 14.0 Å². The van der Waals surface area contributed by atoms with Crippen LogP contribution >= 0.6 is 15.6 Å². The average molecular weight is 438 g/mol. The Kier molecular flexibility index (Phi) is 13.4. The van der Waals surface area contributed by atoms with Crippen LogP contribution < -0.4 is 0 Å². The minimum Gasteiger partial charge on any atom is -0.302 e. The molecule has 1 unspecified atom stereocenters. The van der Waals surface area contributed by atoms with Gasteiger partial charge in [-0.1, -0.05) is 41.9 Å². The monoisotopic (exact) mass is 438 g/mol. The van der Waals surface area contributed by atoms with Crippen molar-refractivity contribution in [2.75, 3.05) is 6.61 Å². The molecule has 0 saturated carbocycles. The lowest BCUT2D eigenvalue weighted by Gasteiger charge is -2.11. The predicted molar refractivity (Wildman–Crippen MR) is 113 cm³/mol. The van der Waals surface area contributed by atoms with Crippen LogP contribution in [0.5, 0.6) is 0 Å². The Bertz CT molecular complexity index is 643. The van der Waals surface area contributed by atoms with E-state index in [-0.39, 0.29) is 6.61 Å². The minimum absolute atomic E-state index is 0.258. The molecule has 0 aromatic heterocycles. The fourth-order valence-corrected chi connectivity index (χ4v) is 3.98. The first-order valence-corrected chi connectivity index (χ1v) is 12.5. The lowest BCUT2D eigenvalue weighted by molar-refractivity contribution is 0.191. The quantitative estimate of drug-likeness (QED) is 0.223. The number of phosphoric acid groups is 2. The van der Waals surface area contributed by atoms with Gasteiger partial charge in [0.2, 0.25) is 0 Å². The summed E-state index contributed by atoms with van der Waals surface area (Å²) in [4.78, 5) is 26.2. The zero-order valence-electron chi connectivity index (χ0n) is 17.6. The van der Waals surface area contributed by atoms with Crippen LogP contribution in [0.25, 0.3) is 0 Å². The summed E-state index contributed by atoms with van der Waals surface area (Å²) in [5, 5.41) is 0. The highest BCUT2D eigenvalue weighted by atomic mass is 31.3. The highest BCUT2D eigenvalue weighted by Crippen LogP contribution is 2.57. The maximum absolute atomic E-state index is 11.3. The van der Waals surface area contributed by atoms with Crippen molar-refractivity contribution in [2.45, 2.75) is 73.1 Å². The second-order valence-corrected chi connectivity index (χ2v) is 10.3. The van der Waals surface area contributed by atoms with Gasteiger partial charge in [-0.2, -0.15) is 4.31 Å². The summed E-state index contributed by atoms with van der Waals surface area (Å²) in [5.41, 5.74) is 3.68. The highest BCUT2D eigenvalue weighted by molar-refractivity contribution is 7.60. The summed E-state index contributed by atoms with van der Waals surface area (Å²) in [6.07, 6.45) is 12.3. The molecule has 28 heavy (non-hydrogen) atoms. The zero-order valence-corrected chi connectivity index (χ0v) is 19.4. The van der Waals surface area contributed by atoms with Gasteiger partial charge in [-0.25, -0.2) is 9.13 Å². The Balaban J connectivity index is 4.15. The van der Waals surface area contributed by atoms with Gasteiger partial charge in [0.25, 0.3) is 0 Å². The normalized spacial score (nSPS) is 16.6. The van der Waals surface area contributed by atoms with E-state index < -0.39 is 15.6 Å². The number of hydrogen-bond acceptors (Lipinski definition) is 4. The van der Waals surface area contributed by atoms with Crippen LogP contribution in [-0.4, -0.2) is 21.3 Å². The van der Waals surface area contributed by atoms with Crippen LogP contribution in [-0.2, 0) is 18.0 Å². The lowest BCUT2D eigenvalue weighted by Crippen LogP contribution is -1.95. The molecule has 164 valence electrons. The van der Waals surface area contributed by atoms with Crippen LogP contribution in [0.2, 0.25) is 0 Å². The molecule has 0 aliphatic carbocycles. The van der Waals surface area contributed by atoms with Crippen LogP contribution in [0.15, 0.2) is 34.9 Å². The number of hydrogen-bond donors (Lipinski definition) is 3. The molecule has 7 nitrogen and oxygen atoms in total. The molecule has 0 bridgehead atoms. The fourth-order valence-electron chi connectivity index (χ4n) is 2.46. The summed E-state index contributed by atoms with van der Waals surface area (Å²) >= 11 is 0. The van der Waals surface area contributed by atoms with Gasteiger partial charge in [0.1, 0.15) is 0 Å². The molecule has 0 aromatic carbocycles. The molecule has 3 N–H and O–H groups in total. The molecule has 0 aromatic rings. The van der Waals surface area contributed by atoms with Crippen molar-refractivity contribution >= 4 is 15.6 Å². The second kappa shape index (κ2) is 13.7. The van der Waals surface area contributed by atoms with Crippen molar-refractivity contribution < 1.29 is 32.6 Å². The number of rotatable bonds is 14. The van der Waals surface area contributed by atoms with Crippen LogP contribution in [0.1, 0.15) is 73.1 Å². The molecule has 0 aliphatic heterocycles. The predicted octanol–water partition coefficient (Wildman–Crippen LogP) is 6.05. The van der Waals surface area contributed by atoms with E-state index in [1.807, 2.05) is 6.92 Å². The molecule has 0 heterocycles. The zero-order chi connectivity index (χ0) is 21.8. The van der Waals surface area contributed by atoms with Crippen LogP contribution in [0, 0.1) is 5.92 Å². The maximum Gasteiger partial charge on any atom is 0.481 e. The molecular formula is C19H36O7P2. The highest BCUT2D eigenvalue weighted by Gasteiger charge is 2.31. The topological polar surface area (TPSA) is 113 Å². The molecule has 0 amide bonds. The summed E-state index contributed by atoms with van der Waals surface area (Å²) < 4.78 is 30.1. The van der Waals surface area contributed by atoms with E-state index in [0.29, 0.717) is 5.92 Å². The van der Waals surface area contributed by atoms with Crippen molar-refractivity contribution in [3.05, 3.63) is 34.9 Å². The van der Waals surface area contributed by atoms with E-state index >= 15 is 0 Å². The van der Waals surface area contributed by atoms with E-state index in [1.165, 1.54) is 24.0 Å². The van der Waals surface area contributed by atoms with Crippen LogP contribution in [0.4, 0.5) is 0 Å². The minimum atomic E-state index is -5.07. The molecule has 0 rings (SSSR count). The summed E-state index contributed by atoms with van der Waals surface area (Å²) in [5.74, 6) is 0.697. The first-order chi connectivity index (χ1) is 12.8. The Morgan fingerprint density at radius 1 is 0.893 bits per heavy atom. The Morgan fingerprint density at radius 3 is 2.07 bits per heavy atom. The largest absolute Gasteiger partial charge is 0.481 e. The van der Waals surface area contributed by atoms with Gasteiger partial charge in [-0.05, 0) is 72.1 Å². The summed E-state index contributed by atoms with van der Waals surface area (Å²) in [6.45, 7) is 10.3. The molecule has 9 heteroatoms. The van der Waals surface area contributed by atoms with E-state index in [0.717, 1.165) is 31.3 Å². The number of allylic oxidation sites excluding steroid dienone is 5. The third kappa shape index (κ3) is 17.6. The van der Waals surface area contributed by atoms with E-state index in [1.54, 1.807) is 6.08 Å². The number of phosphoric ester groups is 1. The smallest absolute Gasteiger partial charge is 0.302 e. The maximum atomic E-state index is 11.3. The fraction of sp³-hybridized carbons (Fsp3) is 0.684. The molecule has 0 spiro atoms. The molecule has 2 atom stereocenters. The summed E-state index contributed by atoms with van der Waals surface area (Å²) in [7, 11) is -9.84. The van der Waals surface area contributed by atoms with Crippen molar-refractivity contribution in [2.24, 2.45) is 5.92 Å². The lowest BCUT2D eigenvalue weighted by atomic mass is 9.96. The Morgan fingerprint density at radius 2 is 1.50 bits per heavy atom. The van der Waals surface area contributed by atoms with Gasteiger partial charge in [-0.15, -0.1) is 0 Å². The SMILES string of the molecule is CC(C)=CCC[C@@H](C)CC/C(C)=C/CC/C(C)=C/COP(=O)(O)OP(=O)(O)O. The van der Waals surface area contributed by atoms with Gasteiger partial charge in [0.05, 0.1) is 6.61 Å². The van der Waals surface area contributed by atoms with E-state index in [2.05, 4.69) is 48.7 Å². The third-order valence-electron chi connectivity index (χ3n) is 4.15. The first-order valence-electron chi connectivity index (χ1n) is 9.49. The average Bonchev–Trinajstić information content (AvgIpc) is 2.50. The molecule has 0 radical (unpaired) electrons. The Labute approximate surface area is 169 Å². The van der Waals surface area contributed by atoms with E-state index in [4.69, 9.17) is 9.79 Å². The standard InChI is InChI=1S/C19H36O7P2/c1-16(2)8-6-9-17(3)12-13-18(4)10-7-11-19(5)14-15-25-28(23,24)26-27(20,21)22/h8,10,14,17H,6-7,9,11-13,15H2,1-5H3,(H,23,24)(H2,20,21,22)/b18-10+,19-14+/t17-/m1/s1. The molecular weight excluding hydrogens is 402 g/mol. The third-order valence-corrected chi connectivity index (χ3v) is 6.31. The molecule has 0 saturated heterocycles. The molecule has 0 fully saturated rings. The Hall–Kier alpha value is -0.520. The van der Waals surface area contributed by atoms with Crippen molar-refractivity contribution in [1.29, 1.82) is 0 Å². The van der Waals surface area contributed by atoms with Crippen molar-refractivity contribution in [3.63, 3.8) is 0 Å². The van der Waals surface area contributed by atoms with Crippen molar-refractivity contribution in [3.8, 4) is 0 Å². The van der Waals surface area contributed by atoms with Crippen molar-refractivity contribution in [1.82, 2.24) is 0 Å². The van der Waals surface area contributed by atoms with Gasteiger partial charge in [0, 0.05) is 0 Å². The second-order valence-electron chi connectivity index (χ2n) is 7.48. The van der Waals surface area contributed by atoms with Gasteiger partial charge in [-0.3, -0.25) is 4.52 Å². The van der Waals surface area contributed by atoms with Gasteiger partial charge < -0.3 is 14.7 Å². The van der Waals surface area contributed by atoms with Gasteiger partial charge >= 0.3 is 15.6 Å². The summed E-state index contributed by atoms with van der Waals surface area (Å²) in [6, 6.07) is 0. The van der Waals surface area contributed by atoms with Crippen LogP contribution in [0.3, 0.4) is 0 Å². The van der Waals surface area contributed by atoms with Gasteiger partial charge in [0.15, 0.2) is 0 Å². The molecule has 0 aliphatic rings.